The molecule has 1 atom stereocenters. The van der Waals surface area contributed by atoms with Crippen molar-refractivity contribution in [1.82, 2.24) is 9.55 Å². The Balaban J connectivity index is 2.52. The molecule has 7 heteroatoms. The molecule has 1 aromatic heterocycles. The van der Waals surface area contributed by atoms with Crippen LogP contribution in [-0.4, -0.2) is 37.5 Å². The summed E-state index contributed by atoms with van der Waals surface area (Å²) in [5.74, 6) is 0.884. The largest absolute Gasteiger partial charge is 0.361 e. The number of hydrogen-bond donors (Lipinski definition) is 0. The van der Waals surface area contributed by atoms with E-state index < -0.39 is 15.4 Å². The molecule has 1 unspecified atom stereocenters. The second-order valence-electron chi connectivity index (χ2n) is 6.69. The Bertz CT molecular complexity index is 497. The standard InChI is InChI=1S/C14H29N2O3PSi/c1-7-19-20(3,17)11-14-10-16(13(2)15-14)12-18-8-9-21(4,5)6/h10H,7-9,11-12H2,1-6H3. The molecular formula is C14H29N2O3PSi. The first-order chi connectivity index (χ1) is 9.63. The first-order valence-corrected chi connectivity index (χ1v) is 13.4. The lowest BCUT2D eigenvalue weighted by Gasteiger charge is -2.15. The summed E-state index contributed by atoms with van der Waals surface area (Å²) in [6.07, 6.45) is 2.29. The van der Waals surface area contributed by atoms with Crippen LogP contribution in [0.3, 0.4) is 0 Å². The van der Waals surface area contributed by atoms with Gasteiger partial charge in [0.15, 0.2) is 0 Å². The number of nitrogens with zero attached hydrogens (tertiary/aromatic N) is 2. The fourth-order valence-electron chi connectivity index (χ4n) is 1.94. The summed E-state index contributed by atoms with van der Waals surface area (Å²) in [5, 5.41) is 0. The minimum atomic E-state index is -2.59. The molecule has 0 saturated heterocycles. The number of hydrogen-bond acceptors (Lipinski definition) is 4. The predicted molar refractivity (Wildman–Crippen MR) is 89.9 cm³/mol. The van der Waals surface area contributed by atoms with Gasteiger partial charge in [0, 0.05) is 27.5 Å². The van der Waals surface area contributed by atoms with Crippen molar-refractivity contribution in [3.05, 3.63) is 17.7 Å². The van der Waals surface area contributed by atoms with Crippen LogP contribution in [0.25, 0.3) is 0 Å². The summed E-state index contributed by atoms with van der Waals surface area (Å²) in [4.78, 5) is 4.44. The summed E-state index contributed by atoms with van der Waals surface area (Å²) in [6, 6.07) is 1.15. The Kier molecular flexibility index (Phi) is 6.85. The van der Waals surface area contributed by atoms with Crippen LogP contribution >= 0.6 is 7.37 Å². The number of aromatic nitrogens is 2. The topological polar surface area (TPSA) is 53.4 Å². The highest BCUT2D eigenvalue weighted by atomic mass is 31.2. The van der Waals surface area contributed by atoms with E-state index in [1.807, 2.05) is 24.6 Å². The Hall–Kier alpha value is -0.423. The van der Waals surface area contributed by atoms with E-state index in [1.165, 1.54) is 0 Å². The fraction of sp³-hybridized carbons (Fsp3) is 0.786. The molecule has 0 aliphatic heterocycles. The maximum atomic E-state index is 12.2. The Labute approximate surface area is 129 Å². The quantitative estimate of drug-likeness (QED) is 0.390. The van der Waals surface area contributed by atoms with Crippen molar-refractivity contribution in [2.45, 2.75) is 52.4 Å². The van der Waals surface area contributed by atoms with Crippen LogP contribution in [-0.2, 0) is 26.7 Å². The number of ether oxygens (including phenoxy) is 1. The van der Waals surface area contributed by atoms with Gasteiger partial charge >= 0.3 is 0 Å². The molecule has 0 saturated carbocycles. The summed E-state index contributed by atoms with van der Waals surface area (Å²) in [5.41, 5.74) is 0.806. The number of imidazole rings is 1. The van der Waals surface area contributed by atoms with Gasteiger partial charge in [-0.2, -0.15) is 0 Å². The minimum Gasteiger partial charge on any atom is -0.361 e. The normalized spacial score (nSPS) is 15.1. The van der Waals surface area contributed by atoms with Gasteiger partial charge in [-0.15, -0.1) is 0 Å². The Morgan fingerprint density at radius 1 is 1.38 bits per heavy atom. The maximum Gasteiger partial charge on any atom is 0.206 e. The third-order valence-corrected chi connectivity index (χ3v) is 6.51. The van der Waals surface area contributed by atoms with Gasteiger partial charge in [0.25, 0.3) is 0 Å². The molecule has 1 heterocycles. The molecule has 0 radical (unpaired) electrons. The van der Waals surface area contributed by atoms with E-state index in [9.17, 15) is 4.57 Å². The maximum absolute atomic E-state index is 12.2. The molecule has 0 aromatic carbocycles. The van der Waals surface area contributed by atoms with Gasteiger partial charge in [-0.3, -0.25) is 4.57 Å². The highest BCUT2D eigenvalue weighted by Crippen LogP contribution is 2.45. The van der Waals surface area contributed by atoms with Crippen LogP contribution in [0.2, 0.25) is 25.7 Å². The van der Waals surface area contributed by atoms with Crippen molar-refractivity contribution in [2.75, 3.05) is 19.9 Å². The highest BCUT2D eigenvalue weighted by Gasteiger charge is 2.18. The van der Waals surface area contributed by atoms with Gasteiger partial charge in [0.2, 0.25) is 7.37 Å². The van der Waals surface area contributed by atoms with E-state index in [0.29, 0.717) is 19.5 Å². The van der Waals surface area contributed by atoms with Gasteiger partial charge in [-0.05, 0) is 19.9 Å². The molecule has 5 nitrogen and oxygen atoms in total. The molecule has 21 heavy (non-hydrogen) atoms. The fourth-order valence-corrected chi connectivity index (χ4v) is 4.07. The monoisotopic (exact) mass is 332 g/mol. The van der Waals surface area contributed by atoms with E-state index in [0.717, 1.165) is 24.2 Å². The number of rotatable bonds is 9. The highest BCUT2D eigenvalue weighted by molar-refractivity contribution is 7.57. The van der Waals surface area contributed by atoms with Crippen molar-refractivity contribution < 1.29 is 13.8 Å². The van der Waals surface area contributed by atoms with E-state index in [2.05, 4.69) is 24.6 Å². The lowest BCUT2D eigenvalue weighted by Crippen LogP contribution is -2.22. The van der Waals surface area contributed by atoms with Crippen molar-refractivity contribution in [1.29, 1.82) is 0 Å². The van der Waals surface area contributed by atoms with Crippen molar-refractivity contribution in [2.24, 2.45) is 0 Å². The number of aryl methyl sites for hydroxylation is 1. The summed E-state index contributed by atoms with van der Waals surface area (Å²) < 4.78 is 25.2. The molecule has 0 aliphatic carbocycles. The van der Waals surface area contributed by atoms with Crippen molar-refractivity contribution >= 4 is 15.4 Å². The zero-order valence-corrected chi connectivity index (χ0v) is 16.1. The van der Waals surface area contributed by atoms with Crippen LogP contribution in [0.1, 0.15) is 18.4 Å². The molecule has 0 aliphatic rings. The Morgan fingerprint density at radius 2 is 2.05 bits per heavy atom. The average molecular weight is 332 g/mol. The lowest BCUT2D eigenvalue weighted by atomic mass is 10.6. The van der Waals surface area contributed by atoms with Gasteiger partial charge in [-0.25, -0.2) is 4.98 Å². The smallest absolute Gasteiger partial charge is 0.206 e. The van der Waals surface area contributed by atoms with Gasteiger partial charge in [0.05, 0.1) is 18.5 Å². The molecular weight excluding hydrogens is 303 g/mol. The molecule has 1 rings (SSSR count). The zero-order valence-electron chi connectivity index (χ0n) is 14.2. The van der Waals surface area contributed by atoms with E-state index in [4.69, 9.17) is 9.26 Å². The van der Waals surface area contributed by atoms with Crippen LogP contribution in [0.5, 0.6) is 0 Å². The van der Waals surface area contributed by atoms with Gasteiger partial charge < -0.3 is 13.8 Å². The van der Waals surface area contributed by atoms with Crippen LogP contribution in [0.15, 0.2) is 6.20 Å². The summed E-state index contributed by atoms with van der Waals surface area (Å²) >= 11 is 0. The molecule has 0 fully saturated rings. The van der Waals surface area contributed by atoms with E-state index in [-0.39, 0.29) is 0 Å². The summed E-state index contributed by atoms with van der Waals surface area (Å²) in [7, 11) is -3.63. The van der Waals surface area contributed by atoms with Crippen LogP contribution in [0, 0.1) is 6.92 Å². The van der Waals surface area contributed by atoms with E-state index >= 15 is 0 Å². The molecule has 0 N–H and O–H groups in total. The van der Waals surface area contributed by atoms with Crippen molar-refractivity contribution in [3.63, 3.8) is 0 Å². The summed E-state index contributed by atoms with van der Waals surface area (Å²) in [6.45, 7) is 14.2. The third-order valence-electron chi connectivity index (χ3n) is 3.10. The van der Waals surface area contributed by atoms with E-state index in [1.54, 1.807) is 6.66 Å². The third kappa shape index (κ3) is 7.41. The first kappa shape index (κ1) is 18.6. The molecule has 1 aromatic rings. The lowest BCUT2D eigenvalue weighted by molar-refractivity contribution is 0.0857. The zero-order chi connectivity index (χ0) is 16.1. The average Bonchev–Trinajstić information content (AvgIpc) is 2.62. The van der Waals surface area contributed by atoms with Gasteiger partial charge in [-0.1, -0.05) is 19.6 Å². The first-order valence-electron chi connectivity index (χ1n) is 7.44. The van der Waals surface area contributed by atoms with Crippen LogP contribution < -0.4 is 0 Å². The van der Waals surface area contributed by atoms with Crippen molar-refractivity contribution in [3.8, 4) is 0 Å². The minimum absolute atomic E-state index is 0.379. The molecule has 0 amide bonds. The second kappa shape index (κ2) is 7.72. The Morgan fingerprint density at radius 3 is 2.62 bits per heavy atom. The second-order valence-corrected chi connectivity index (χ2v) is 14.9. The van der Waals surface area contributed by atoms with Crippen LogP contribution in [0.4, 0.5) is 0 Å². The molecule has 122 valence electrons. The SMILES string of the molecule is CCOP(C)(=O)Cc1cn(COCC[Si](C)(C)C)c(C)n1. The van der Waals surface area contributed by atoms with Gasteiger partial charge in [0.1, 0.15) is 12.6 Å². The predicted octanol–water partition coefficient (Wildman–Crippen LogP) is 3.95. The molecule has 0 bridgehead atoms. The molecule has 0 spiro atoms.